The Bertz CT molecular complexity index is 485. The van der Waals surface area contributed by atoms with Crippen LogP contribution in [-0.4, -0.2) is 49.4 Å². The third kappa shape index (κ3) is 8.00. The zero-order valence-electron chi connectivity index (χ0n) is 14.5. The summed E-state index contributed by atoms with van der Waals surface area (Å²) < 4.78 is 5.43. The summed E-state index contributed by atoms with van der Waals surface area (Å²) in [6, 6.07) is 7.61. The van der Waals surface area contributed by atoms with Gasteiger partial charge in [0.05, 0.1) is 13.2 Å². The first-order valence-corrected chi connectivity index (χ1v) is 7.88. The summed E-state index contributed by atoms with van der Waals surface area (Å²) in [5.41, 5.74) is 0.887. The van der Waals surface area contributed by atoms with Gasteiger partial charge in [0.15, 0.2) is 0 Å². The van der Waals surface area contributed by atoms with Crippen LogP contribution >= 0.6 is 12.4 Å². The van der Waals surface area contributed by atoms with E-state index in [0.717, 1.165) is 30.9 Å². The number of aliphatic imine (C=N–C) groups is 1. The van der Waals surface area contributed by atoms with Gasteiger partial charge in [-0.25, -0.2) is 0 Å². The van der Waals surface area contributed by atoms with Gasteiger partial charge in [-0.15, -0.1) is 12.4 Å². The van der Waals surface area contributed by atoms with E-state index in [9.17, 15) is 4.79 Å². The van der Waals surface area contributed by atoms with Crippen molar-refractivity contribution in [2.45, 2.75) is 27.7 Å². The average molecular weight is 342 g/mol. The second-order valence-electron chi connectivity index (χ2n) is 4.90. The van der Waals surface area contributed by atoms with Crippen LogP contribution in [0.4, 0.5) is 0 Å². The smallest absolute Gasteiger partial charge is 0.222 e. The van der Waals surface area contributed by atoms with Gasteiger partial charge in [0.25, 0.3) is 0 Å². The van der Waals surface area contributed by atoms with Gasteiger partial charge in [0, 0.05) is 19.0 Å². The van der Waals surface area contributed by atoms with E-state index in [1.54, 1.807) is 0 Å². The van der Waals surface area contributed by atoms with Crippen LogP contribution < -0.4 is 10.1 Å². The normalized spacial score (nSPS) is 11.1. The van der Waals surface area contributed by atoms with Crippen molar-refractivity contribution in [2.24, 2.45) is 4.99 Å². The summed E-state index contributed by atoms with van der Waals surface area (Å²) in [4.78, 5) is 18.2. The Balaban J connectivity index is 0.00000484. The number of halogens is 1. The van der Waals surface area contributed by atoms with E-state index >= 15 is 0 Å². The molecule has 130 valence electrons. The minimum Gasteiger partial charge on any atom is -0.494 e. The first kappa shape index (κ1) is 21.4. The molecule has 0 saturated heterocycles. The maximum atomic E-state index is 11.4. The van der Waals surface area contributed by atoms with Crippen LogP contribution in [0.25, 0.3) is 0 Å². The third-order valence-corrected chi connectivity index (χ3v) is 3.31. The van der Waals surface area contributed by atoms with Crippen molar-refractivity contribution in [1.82, 2.24) is 10.2 Å². The number of amides is 1. The van der Waals surface area contributed by atoms with Crippen LogP contribution in [0.1, 0.15) is 33.3 Å². The van der Waals surface area contributed by atoms with E-state index in [-0.39, 0.29) is 18.3 Å². The van der Waals surface area contributed by atoms with E-state index in [2.05, 4.69) is 29.1 Å². The van der Waals surface area contributed by atoms with Crippen molar-refractivity contribution in [1.29, 1.82) is 0 Å². The summed E-state index contributed by atoms with van der Waals surface area (Å²) in [7, 11) is 0. The monoisotopic (exact) mass is 341 g/mol. The number of carbonyl (C=O) groups excluding carboxylic acids is 1. The van der Waals surface area contributed by atoms with Crippen LogP contribution in [-0.2, 0) is 4.79 Å². The molecule has 1 N–H and O–H groups in total. The SMILES string of the molecule is CCOc1ccc(C(=NCCN(CC)CC)NC(C)=O)cc1.Cl. The fourth-order valence-electron chi connectivity index (χ4n) is 2.09. The number of rotatable bonds is 8. The van der Waals surface area contributed by atoms with Gasteiger partial charge in [-0.1, -0.05) is 13.8 Å². The molecule has 1 rings (SSSR count). The largest absolute Gasteiger partial charge is 0.494 e. The van der Waals surface area contributed by atoms with Gasteiger partial charge in [-0.3, -0.25) is 9.79 Å². The molecule has 0 heterocycles. The maximum absolute atomic E-state index is 11.4. The predicted molar refractivity (Wildman–Crippen MR) is 97.9 cm³/mol. The van der Waals surface area contributed by atoms with Gasteiger partial charge in [-0.05, 0) is 44.3 Å². The highest BCUT2D eigenvalue weighted by atomic mass is 35.5. The number of hydrogen-bond donors (Lipinski definition) is 1. The topological polar surface area (TPSA) is 53.9 Å². The third-order valence-electron chi connectivity index (χ3n) is 3.31. The molecule has 0 saturated carbocycles. The zero-order chi connectivity index (χ0) is 16.4. The fourth-order valence-corrected chi connectivity index (χ4v) is 2.09. The highest BCUT2D eigenvalue weighted by Gasteiger charge is 2.06. The summed E-state index contributed by atoms with van der Waals surface area (Å²) in [6.07, 6.45) is 0. The van der Waals surface area contributed by atoms with E-state index < -0.39 is 0 Å². The molecule has 23 heavy (non-hydrogen) atoms. The molecule has 0 bridgehead atoms. The fraction of sp³-hybridized carbons (Fsp3) is 0.529. The van der Waals surface area contributed by atoms with Crippen LogP contribution in [0, 0.1) is 0 Å². The zero-order valence-corrected chi connectivity index (χ0v) is 15.3. The van der Waals surface area contributed by atoms with E-state index in [1.807, 2.05) is 31.2 Å². The average Bonchev–Trinajstić information content (AvgIpc) is 2.51. The van der Waals surface area contributed by atoms with Gasteiger partial charge in [0.2, 0.25) is 5.91 Å². The molecule has 1 aromatic rings. The van der Waals surface area contributed by atoms with Crippen molar-refractivity contribution in [3.63, 3.8) is 0 Å². The first-order valence-electron chi connectivity index (χ1n) is 7.88. The second-order valence-corrected chi connectivity index (χ2v) is 4.90. The Kier molecular flexibility index (Phi) is 11.1. The summed E-state index contributed by atoms with van der Waals surface area (Å²) >= 11 is 0. The number of amidine groups is 1. The minimum atomic E-state index is -0.115. The molecule has 6 heteroatoms. The molecule has 1 amide bonds. The molecule has 0 fully saturated rings. The van der Waals surface area contributed by atoms with Crippen molar-refractivity contribution in [3.05, 3.63) is 29.8 Å². The minimum absolute atomic E-state index is 0. The van der Waals surface area contributed by atoms with E-state index in [0.29, 0.717) is 19.0 Å². The lowest BCUT2D eigenvalue weighted by atomic mass is 10.2. The van der Waals surface area contributed by atoms with E-state index in [1.165, 1.54) is 6.92 Å². The molecular formula is C17H28ClN3O2. The standard InChI is InChI=1S/C17H27N3O2.ClH/c1-5-20(6-2)13-12-18-17(19-14(4)21)15-8-10-16(11-9-15)22-7-3;/h8-11H,5-7,12-13H2,1-4H3,(H,18,19,21);1H. The number of nitrogens with one attached hydrogen (secondary N) is 1. The quantitative estimate of drug-likeness (QED) is 0.584. The van der Waals surface area contributed by atoms with Gasteiger partial charge >= 0.3 is 0 Å². The van der Waals surface area contributed by atoms with Crippen molar-refractivity contribution >= 4 is 24.1 Å². The molecule has 5 nitrogen and oxygen atoms in total. The van der Waals surface area contributed by atoms with Crippen molar-refractivity contribution in [2.75, 3.05) is 32.8 Å². The Morgan fingerprint density at radius 2 is 1.78 bits per heavy atom. The lowest BCUT2D eigenvalue weighted by Crippen LogP contribution is -2.31. The number of carbonyl (C=O) groups is 1. The van der Waals surface area contributed by atoms with Crippen LogP contribution in [0.3, 0.4) is 0 Å². The maximum Gasteiger partial charge on any atom is 0.222 e. The number of ether oxygens (including phenoxy) is 1. The van der Waals surface area contributed by atoms with Crippen molar-refractivity contribution < 1.29 is 9.53 Å². The summed E-state index contributed by atoms with van der Waals surface area (Å²) in [5, 5.41) is 2.81. The highest BCUT2D eigenvalue weighted by Crippen LogP contribution is 2.12. The van der Waals surface area contributed by atoms with Crippen molar-refractivity contribution in [3.8, 4) is 5.75 Å². The molecule has 0 radical (unpaired) electrons. The molecule has 0 aliphatic carbocycles. The number of likely N-dealkylation sites (N-methyl/N-ethyl adjacent to an activating group) is 1. The van der Waals surface area contributed by atoms with Crippen LogP contribution in [0.15, 0.2) is 29.3 Å². The summed E-state index contributed by atoms with van der Waals surface area (Å²) in [6.45, 7) is 11.9. The van der Waals surface area contributed by atoms with Gasteiger partial charge in [0.1, 0.15) is 11.6 Å². The molecule has 0 aliphatic rings. The molecule has 0 atom stereocenters. The Labute approximate surface area is 145 Å². The number of hydrogen-bond acceptors (Lipinski definition) is 4. The Morgan fingerprint density at radius 1 is 1.17 bits per heavy atom. The number of benzene rings is 1. The van der Waals surface area contributed by atoms with E-state index in [4.69, 9.17) is 4.74 Å². The highest BCUT2D eigenvalue weighted by molar-refractivity contribution is 6.07. The lowest BCUT2D eigenvalue weighted by molar-refractivity contribution is -0.117. The number of nitrogens with zero attached hydrogens (tertiary/aromatic N) is 2. The lowest BCUT2D eigenvalue weighted by Gasteiger charge is -2.16. The molecular weight excluding hydrogens is 314 g/mol. The Morgan fingerprint density at radius 3 is 2.26 bits per heavy atom. The molecule has 0 aliphatic heterocycles. The molecule has 0 spiro atoms. The molecule has 1 aromatic carbocycles. The van der Waals surface area contributed by atoms with Crippen LogP contribution in [0.5, 0.6) is 5.75 Å². The van der Waals surface area contributed by atoms with Crippen LogP contribution in [0.2, 0.25) is 0 Å². The molecule has 0 aromatic heterocycles. The Hall–Kier alpha value is -1.59. The summed E-state index contributed by atoms with van der Waals surface area (Å²) in [5.74, 6) is 1.31. The first-order chi connectivity index (χ1) is 10.6. The molecule has 0 unspecified atom stereocenters. The van der Waals surface area contributed by atoms with Gasteiger partial charge < -0.3 is 15.0 Å². The van der Waals surface area contributed by atoms with Gasteiger partial charge in [-0.2, -0.15) is 0 Å². The second kappa shape index (κ2) is 11.9. The predicted octanol–water partition coefficient (Wildman–Crippen LogP) is 2.73.